The van der Waals surface area contributed by atoms with E-state index >= 15 is 0 Å². The maximum atomic E-state index is 5.88. The third kappa shape index (κ3) is 4.35. The van der Waals surface area contributed by atoms with Gasteiger partial charge < -0.3 is 19.3 Å². The molecule has 182 valence electrons. The highest BCUT2D eigenvalue weighted by Gasteiger charge is 2.33. The number of hydrogen-bond acceptors (Lipinski definition) is 9. The van der Waals surface area contributed by atoms with Crippen molar-refractivity contribution in [3.63, 3.8) is 0 Å². The SMILES string of the molecule is COc1ncnc(C2CC2)c1-c1ncc2c(n1)N(Cc1ccc(N3CCC(C)(C)C3)nc1)CCO2. The summed E-state index contributed by atoms with van der Waals surface area (Å²) in [4.78, 5) is 27.8. The molecule has 5 heterocycles. The molecule has 0 amide bonds. The van der Waals surface area contributed by atoms with Gasteiger partial charge >= 0.3 is 0 Å². The summed E-state index contributed by atoms with van der Waals surface area (Å²) in [7, 11) is 1.62. The average molecular weight is 474 g/mol. The van der Waals surface area contributed by atoms with Gasteiger partial charge in [-0.3, -0.25) is 0 Å². The molecular weight excluding hydrogens is 442 g/mol. The molecule has 1 saturated carbocycles. The van der Waals surface area contributed by atoms with Crippen LogP contribution in [0, 0.1) is 5.41 Å². The van der Waals surface area contributed by atoms with Crippen LogP contribution in [-0.2, 0) is 6.54 Å². The number of aromatic nitrogens is 5. The van der Waals surface area contributed by atoms with E-state index in [1.54, 1.807) is 19.6 Å². The lowest BCUT2D eigenvalue weighted by atomic mass is 9.93. The molecule has 0 atom stereocenters. The molecule has 9 nitrogen and oxygen atoms in total. The van der Waals surface area contributed by atoms with Crippen LogP contribution in [0.5, 0.6) is 11.6 Å². The Morgan fingerprint density at radius 2 is 1.97 bits per heavy atom. The van der Waals surface area contributed by atoms with E-state index in [1.807, 2.05) is 6.20 Å². The van der Waals surface area contributed by atoms with Gasteiger partial charge in [-0.05, 0) is 36.3 Å². The number of hydrogen-bond donors (Lipinski definition) is 0. The molecule has 0 radical (unpaired) electrons. The minimum atomic E-state index is 0.348. The van der Waals surface area contributed by atoms with E-state index in [1.165, 1.54) is 6.42 Å². The lowest BCUT2D eigenvalue weighted by Gasteiger charge is -2.30. The highest BCUT2D eigenvalue weighted by molar-refractivity contribution is 5.68. The van der Waals surface area contributed by atoms with Crippen molar-refractivity contribution in [1.82, 2.24) is 24.9 Å². The minimum absolute atomic E-state index is 0.348. The second-order valence-corrected chi connectivity index (χ2v) is 10.4. The van der Waals surface area contributed by atoms with E-state index in [0.717, 1.165) is 60.9 Å². The first-order valence-electron chi connectivity index (χ1n) is 12.3. The van der Waals surface area contributed by atoms with Crippen LogP contribution in [-0.4, -0.2) is 58.3 Å². The Balaban J connectivity index is 1.27. The van der Waals surface area contributed by atoms with Gasteiger partial charge in [0.1, 0.15) is 24.3 Å². The molecule has 0 N–H and O–H groups in total. The van der Waals surface area contributed by atoms with Crippen molar-refractivity contribution in [2.45, 2.75) is 45.6 Å². The van der Waals surface area contributed by atoms with E-state index in [4.69, 9.17) is 19.4 Å². The second kappa shape index (κ2) is 8.62. The molecule has 0 spiro atoms. The number of pyridine rings is 1. The van der Waals surface area contributed by atoms with Crippen molar-refractivity contribution < 1.29 is 9.47 Å². The summed E-state index contributed by atoms with van der Waals surface area (Å²) in [5.74, 6) is 4.01. The molecule has 2 aliphatic heterocycles. The summed E-state index contributed by atoms with van der Waals surface area (Å²) in [6.07, 6.45) is 8.73. The Bertz CT molecular complexity index is 1230. The fourth-order valence-corrected chi connectivity index (χ4v) is 4.98. The second-order valence-electron chi connectivity index (χ2n) is 10.4. The van der Waals surface area contributed by atoms with E-state index in [9.17, 15) is 0 Å². The summed E-state index contributed by atoms with van der Waals surface area (Å²) in [5.41, 5.74) is 3.23. The predicted octanol–water partition coefficient (Wildman–Crippen LogP) is 3.85. The van der Waals surface area contributed by atoms with Crippen LogP contribution in [0.3, 0.4) is 0 Å². The molecular formula is C26H31N7O2. The monoisotopic (exact) mass is 473 g/mol. The summed E-state index contributed by atoms with van der Waals surface area (Å²) >= 11 is 0. The highest BCUT2D eigenvalue weighted by atomic mass is 16.5. The molecule has 35 heavy (non-hydrogen) atoms. The van der Waals surface area contributed by atoms with E-state index in [2.05, 4.69) is 50.7 Å². The molecule has 0 bridgehead atoms. The fraction of sp³-hybridized carbons (Fsp3) is 0.500. The number of ether oxygens (including phenoxy) is 2. The summed E-state index contributed by atoms with van der Waals surface area (Å²) in [6, 6.07) is 4.31. The number of rotatable bonds is 6. The van der Waals surface area contributed by atoms with Crippen LogP contribution in [0.4, 0.5) is 11.6 Å². The smallest absolute Gasteiger partial charge is 0.227 e. The van der Waals surface area contributed by atoms with Crippen molar-refractivity contribution in [3.05, 3.63) is 42.1 Å². The molecule has 2 fully saturated rings. The lowest BCUT2D eigenvalue weighted by molar-refractivity contribution is 0.303. The van der Waals surface area contributed by atoms with Gasteiger partial charge in [-0.15, -0.1) is 0 Å². The van der Waals surface area contributed by atoms with Crippen molar-refractivity contribution in [2.24, 2.45) is 5.41 Å². The Labute approximate surface area is 205 Å². The zero-order valence-corrected chi connectivity index (χ0v) is 20.6. The van der Waals surface area contributed by atoms with E-state index in [-0.39, 0.29) is 0 Å². The summed E-state index contributed by atoms with van der Waals surface area (Å²) in [6.45, 7) is 8.77. The van der Waals surface area contributed by atoms with Crippen LogP contribution < -0.4 is 19.3 Å². The van der Waals surface area contributed by atoms with Crippen molar-refractivity contribution in [2.75, 3.05) is 43.2 Å². The molecule has 9 heteroatoms. The maximum Gasteiger partial charge on any atom is 0.227 e. The van der Waals surface area contributed by atoms with Crippen LogP contribution >= 0.6 is 0 Å². The fourth-order valence-electron chi connectivity index (χ4n) is 4.98. The molecule has 6 rings (SSSR count). The topological polar surface area (TPSA) is 89.4 Å². The third-order valence-electron chi connectivity index (χ3n) is 7.06. The van der Waals surface area contributed by atoms with Crippen LogP contribution in [0.1, 0.15) is 50.3 Å². The highest BCUT2D eigenvalue weighted by Crippen LogP contribution is 2.45. The Morgan fingerprint density at radius 1 is 1.09 bits per heavy atom. The molecule has 1 aliphatic carbocycles. The van der Waals surface area contributed by atoms with Gasteiger partial charge in [0.25, 0.3) is 0 Å². The third-order valence-corrected chi connectivity index (χ3v) is 7.06. The summed E-state index contributed by atoms with van der Waals surface area (Å²) < 4.78 is 11.4. The molecule has 3 aliphatic rings. The van der Waals surface area contributed by atoms with Crippen molar-refractivity contribution >= 4 is 11.6 Å². The molecule has 0 unspecified atom stereocenters. The van der Waals surface area contributed by atoms with E-state index < -0.39 is 0 Å². The Kier molecular flexibility index (Phi) is 5.42. The average Bonchev–Trinajstić information content (AvgIpc) is 3.66. The lowest BCUT2D eigenvalue weighted by Crippen LogP contribution is -2.33. The maximum absolute atomic E-state index is 5.88. The Morgan fingerprint density at radius 3 is 2.69 bits per heavy atom. The number of fused-ring (bicyclic) bond motifs is 1. The zero-order chi connectivity index (χ0) is 24.0. The van der Waals surface area contributed by atoms with Gasteiger partial charge in [-0.1, -0.05) is 19.9 Å². The molecule has 3 aromatic heterocycles. The first-order chi connectivity index (χ1) is 17.0. The van der Waals surface area contributed by atoms with Crippen molar-refractivity contribution in [1.29, 1.82) is 0 Å². The molecule has 1 saturated heterocycles. The van der Waals surface area contributed by atoms with Gasteiger partial charge in [-0.2, -0.15) is 0 Å². The van der Waals surface area contributed by atoms with Gasteiger partial charge in [-0.25, -0.2) is 24.9 Å². The van der Waals surface area contributed by atoms with Crippen LogP contribution in [0.25, 0.3) is 11.4 Å². The molecule has 3 aromatic rings. The number of anilines is 2. The van der Waals surface area contributed by atoms with Crippen molar-refractivity contribution in [3.8, 4) is 23.0 Å². The van der Waals surface area contributed by atoms with Gasteiger partial charge in [0, 0.05) is 31.7 Å². The minimum Gasteiger partial charge on any atom is -0.486 e. The van der Waals surface area contributed by atoms with E-state index in [0.29, 0.717) is 41.9 Å². The first kappa shape index (κ1) is 22.0. The van der Waals surface area contributed by atoms with Gasteiger partial charge in [0.2, 0.25) is 5.88 Å². The first-order valence-corrected chi connectivity index (χ1v) is 12.3. The number of nitrogens with zero attached hydrogens (tertiary/aromatic N) is 7. The quantitative estimate of drug-likeness (QED) is 0.529. The summed E-state index contributed by atoms with van der Waals surface area (Å²) in [5, 5.41) is 0. The molecule has 0 aromatic carbocycles. The van der Waals surface area contributed by atoms with Crippen LogP contribution in [0.2, 0.25) is 0 Å². The van der Waals surface area contributed by atoms with Gasteiger partial charge in [0.05, 0.1) is 25.5 Å². The Hall–Kier alpha value is -3.49. The predicted molar refractivity (Wildman–Crippen MR) is 133 cm³/mol. The largest absolute Gasteiger partial charge is 0.486 e. The standard InChI is InChI=1S/C26H31N7O2/c1-26(2)8-9-33(15-26)20-7-4-17(12-27-20)14-32-10-11-35-19-13-28-23(31-24(19)32)21-22(18-5-6-18)29-16-30-25(21)34-3/h4,7,12-13,16,18H,5-6,8-11,14-15H2,1-3H3. The normalized spacial score (nSPS) is 18.8. The van der Waals surface area contributed by atoms with Crippen LogP contribution in [0.15, 0.2) is 30.9 Å². The number of methoxy groups -OCH3 is 1. The van der Waals surface area contributed by atoms with Gasteiger partial charge in [0.15, 0.2) is 17.4 Å². The zero-order valence-electron chi connectivity index (χ0n) is 20.6.